The summed E-state index contributed by atoms with van der Waals surface area (Å²) in [4.78, 5) is 35.2. The predicted octanol–water partition coefficient (Wildman–Crippen LogP) is 2.07. The Bertz CT molecular complexity index is 782. The molecule has 0 saturated carbocycles. The van der Waals surface area contributed by atoms with Crippen LogP contribution in [0.25, 0.3) is 0 Å². The van der Waals surface area contributed by atoms with E-state index in [0.29, 0.717) is 6.42 Å². The van der Waals surface area contributed by atoms with Crippen LogP contribution in [-0.4, -0.2) is 22.0 Å². The first-order valence-corrected chi connectivity index (χ1v) is 8.02. The van der Waals surface area contributed by atoms with Gasteiger partial charge in [0.25, 0.3) is 17.5 Å². The minimum absolute atomic E-state index is 0.101. The van der Waals surface area contributed by atoms with Crippen molar-refractivity contribution in [2.75, 3.05) is 0 Å². The van der Waals surface area contributed by atoms with Crippen molar-refractivity contribution in [1.29, 1.82) is 0 Å². The van der Waals surface area contributed by atoms with E-state index in [1.165, 1.54) is 36.0 Å². The van der Waals surface area contributed by atoms with Gasteiger partial charge in [-0.1, -0.05) is 18.2 Å². The number of rotatable bonds is 3. The highest BCUT2D eigenvalue weighted by Crippen LogP contribution is 2.36. The number of benzene rings is 2. The second kappa shape index (κ2) is 6.71. The summed E-state index contributed by atoms with van der Waals surface area (Å²) in [5.74, 6) is -0.815. The highest BCUT2D eigenvalue weighted by atomic mass is 32.2. The summed E-state index contributed by atoms with van der Waals surface area (Å²) >= 11 is 1.46. The van der Waals surface area contributed by atoms with Crippen molar-refractivity contribution in [3.05, 3.63) is 69.8 Å². The Morgan fingerprint density at radius 1 is 1.08 bits per heavy atom. The quantitative estimate of drug-likeness (QED) is 0.656. The predicted molar refractivity (Wildman–Crippen MR) is 88.5 cm³/mol. The van der Waals surface area contributed by atoms with E-state index in [2.05, 4.69) is 10.9 Å². The maximum atomic E-state index is 12.2. The van der Waals surface area contributed by atoms with Gasteiger partial charge in [-0.25, -0.2) is 0 Å². The van der Waals surface area contributed by atoms with Crippen molar-refractivity contribution in [2.45, 2.75) is 16.6 Å². The molecule has 0 aromatic heterocycles. The summed E-state index contributed by atoms with van der Waals surface area (Å²) < 4.78 is 0. The topological polar surface area (TPSA) is 101 Å². The second-order valence-electron chi connectivity index (χ2n) is 5.17. The highest BCUT2D eigenvalue weighted by Gasteiger charge is 2.28. The van der Waals surface area contributed by atoms with Crippen LogP contribution in [0.1, 0.15) is 15.9 Å². The Hall–Kier alpha value is -2.87. The Kier molecular flexibility index (Phi) is 4.48. The molecule has 1 unspecified atom stereocenters. The molecule has 2 N–H and O–H groups in total. The van der Waals surface area contributed by atoms with Gasteiger partial charge in [0.1, 0.15) is 0 Å². The molecule has 0 bridgehead atoms. The van der Waals surface area contributed by atoms with Crippen LogP contribution in [0.4, 0.5) is 5.69 Å². The first-order chi connectivity index (χ1) is 11.5. The lowest BCUT2D eigenvalue weighted by molar-refractivity contribution is -0.384. The standard InChI is InChI=1S/C16H13N3O4S/c20-15(10-5-7-12(8-6-10)19(22)23)17-18-16(21)14-9-11-3-1-2-4-13(11)24-14/h1-8,14H,9H2,(H,17,20)(H,18,21). The van der Waals surface area contributed by atoms with Crippen LogP contribution in [0.3, 0.4) is 0 Å². The number of amides is 2. The number of hydrazine groups is 1. The first-order valence-electron chi connectivity index (χ1n) is 7.14. The number of carbonyl (C=O) groups is 2. The zero-order chi connectivity index (χ0) is 17.1. The molecule has 1 aliphatic heterocycles. The fraction of sp³-hybridized carbons (Fsp3) is 0.125. The number of nitro groups is 1. The third-order valence-corrected chi connectivity index (χ3v) is 4.90. The maximum absolute atomic E-state index is 12.2. The number of carbonyl (C=O) groups excluding carboxylic acids is 2. The molecule has 7 nitrogen and oxygen atoms in total. The monoisotopic (exact) mass is 343 g/mol. The zero-order valence-corrected chi connectivity index (χ0v) is 13.2. The largest absolute Gasteiger partial charge is 0.272 e. The van der Waals surface area contributed by atoms with Crippen molar-refractivity contribution < 1.29 is 14.5 Å². The molecule has 0 radical (unpaired) electrons. The van der Waals surface area contributed by atoms with Gasteiger partial charge in [0, 0.05) is 22.6 Å². The third-order valence-electron chi connectivity index (χ3n) is 3.58. The summed E-state index contributed by atoms with van der Waals surface area (Å²) in [6, 6.07) is 12.9. The average Bonchev–Trinajstić information content (AvgIpc) is 3.03. The molecule has 2 amide bonds. The van der Waals surface area contributed by atoms with Crippen molar-refractivity contribution in [3.63, 3.8) is 0 Å². The molecule has 8 heteroatoms. The summed E-state index contributed by atoms with van der Waals surface area (Å²) in [5, 5.41) is 10.3. The van der Waals surface area contributed by atoms with Crippen molar-refractivity contribution in [1.82, 2.24) is 10.9 Å². The molecule has 0 fully saturated rings. The number of nitrogens with zero attached hydrogens (tertiary/aromatic N) is 1. The molecular formula is C16H13N3O4S. The fourth-order valence-electron chi connectivity index (χ4n) is 2.33. The number of nitrogens with one attached hydrogen (secondary N) is 2. The lowest BCUT2D eigenvalue weighted by Crippen LogP contribution is -2.45. The van der Waals surface area contributed by atoms with Gasteiger partial charge >= 0.3 is 0 Å². The van der Waals surface area contributed by atoms with Gasteiger partial charge in [-0.15, -0.1) is 11.8 Å². The van der Waals surface area contributed by atoms with Gasteiger partial charge in [0.05, 0.1) is 10.2 Å². The summed E-state index contributed by atoms with van der Waals surface area (Å²) in [5.41, 5.74) is 5.97. The van der Waals surface area contributed by atoms with Crippen molar-refractivity contribution in [2.24, 2.45) is 0 Å². The lowest BCUT2D eigenvalue weighted by Gasteiger charge is -2.11. The zero-order valence-electron chi connectivity index (χ0n) is 12.4. The SMILES string of the molecule is O=C(NNC(=O)C1Cc2ccccc2S1)c1ccc([N+](=O)[O-])cc1. The van der Waals surface area contributed by atoms with Crippen LogP contribution in [-0.2, 0) is 11.2 Å². The van der Waals surface area contributed by atoms with E-state index in [9.17, 15) is 19.7 Å². The van der Waals surface area contributed by atoms with Crippen LogP contribution in [0.15, 0.2) is 53.4 Å². The number of fused-ring (bicyclic) bond motifs is 1. The normalized spacial score (nSPS) is 15.4. The first kappa shape index (κ1) is 16.0. The van der Waals surface area contributed by atoms with Gasteiger partial charge in [-0.2, -0.15) is 0 Å². The smallest absolute Gasteiger partial charge is 0.269 e. The van der Waals surface area contributed by atoms with Crippen LogP contribution in [0.2, 0.25) is 0 Å². The molecule has 0 saturated heterocycles. The molecule has 0 spiro atoms. The Morgan fingerprint density at radius 3 is 2.46 bits per heavy atom. The summed E-state index contributed by atoms with van der Waals surface area (Å²) in [6.07, 6.45) is 0.611. The number of hydrogen-bond donors (Lipinski definition) is 2. The number of hydrogen-bond acceptors (Lipinski definition) is 5. The van der Waals surface area contributed by atoms with E-state index in [1.807, 2.05) is 24.3 Å². The molecule has 0 aliphatic carbocycles. The lowest BCUT2D eigenvalue weighted by atomic mass is 10.1. The number of thioether (sulfide) groups is 1. The van der Waals surface area contributed by atoms with Crippen molar-refractivity contribution in [3.8, 4) is 0 Å². The molecule has 2 aromatic carbocycles. The van der Waals surface area contributed by atoms with E-state index in [0.717, 1.165) is 10.5 Å². The molecule has 2 aromatic rings. The van der Waals surface area contributed by atoms with E-state index in [1.54, 1.807) is 0 Å². The van der Waals surface area contributed by atoms with Gasteiger partial charge < -0.3 is 0 Å². The molecule has 1 aliphatic rings. The molecule has 1 atom stereocenters. The van der Waals surface area contributed by atoms with Crippen LogP contribution < -0.4 is 10.9 Å². The number of non-ortho nitro benzene ring substituents is 1. The van der Waals surface area contributed by atoms with Gasteiger partial charge in [-0.3, -0.25) is 30.6 Å². The maximum Gasteiger partial charge on any atom is 0.269 e. The number of nitro benzene ring substituents is 1. The summed E-state index contributed by atoms with van der Waals surface area (Å²) in [7, 11) is 0. The Balaban J connectivity index is 1.55. The van der Waals surface area contributed by atoms with E-state index < -0.39 is 10.8 Å². The van der Waals surface area contributed by atoms with Crippen LogP contribution in [0.5, 0.6) is 0 Å². The summed E-state index contributed by atoms with van der Waals surface area (Å²) in [6.45, 7) is 0. The molecular weight excluding hydrogens is 330 g/mol. The van der Waals surface area contributed by atoms with Crippen LogP contribution in [0, 0.1) is 10.1 Å². The highest BCUT2D eigenvalue weighted by molar-refractivity contribution is 8.01. The third kappa shape index (κ3) is 3.38. The molecule has 3 rings (SSSR count). The second-order valence-corrected chi connectivity index (χ2v) is 6.41. The minimum atomic E-state index is -0.543. The molecule has 1 heterocycles. The average molecular weight is 343 g/mol. The van der Waals surface area contributed by atoms with Crippen LogP contribution >= 0.6 is 11.8 Å². The van der Waals surface area contributed by atoms with Gasteiger partial charge in [0.2, 0.25) is 0 Å². The minimum Gasteiger partial charge on any atom is -0.272 e. The van der Waals surface area contributed by atoms with Gasteiger partial charge in [0.15, 0.2) is 0 Å². The van der Waals surface area contributed by atoms with E-state index in [4.69, 9.17) is 0 Å². The molecule has 24 heavy (non-hydrogen) atoms. The molecule has 122 valence electrons. The van der Waals surface area contributed by atoms with E-state index in [-0.39, 0.29) is 22.4 Å². The van der Waals surface area contributed by atoms with Crippen molar-refractivity contribution >= 4 is 29.3 Å². The Morgan fingerprint density at radius 2 is 1.79 bits per heavy atom. The van der Waals surface area contributed by atoms with E-state index >= 15 is 0 Å². The Labute approximate surface area is 141 Å². The van der Waals surface area contributed by atoms with Gasteiger partial charge in [-0.05, 0) is 30.2 Å². The fourth-order valence-corrected chi connectivity index (χ4v) is 3.53.